The maximum atomic E-state index is 12.8. The number of benzene rings is 1. The van der Waals surface area contributed by atoms with E-state index in [2.05, 4.69) is 15.2 Å². The van der Waals surface area contributed by atoms with Gasteiger partial charge in [0.2, 0.25) is 0 Å². The average Bonchev–Trinajstić information content (AvgIpc) is 3.10. The summed E-state index contributed by atoms with van der Waals surface area (Å²) < 4.78 is 12.8. The van der Waals surface area contributed by atoms with Gasteiger partial charge in [0.15, 0.2) is 5.82 Å². The highest BCUT2D eigenvalue weighted by Gasteiger charge is 2.43. The monoisotopic (exact) mass is 230 g/mol. The van der Waals surface area contributed by atoms with Gasteiger partial charge in [0.05, 0.1) is 17.4 Å². The minimum atomic E-state index is -0.400. The molecule has 17 heavy (non-hydrogen) atoms. The van der Waals surface area contributed by atoms with Crippen LogP contribution in [0.2, 0.25) is 0 Å². The van der Waals surface area contributed by atoms with E-state index >= 15 is 0 Å². The van der Waals surface area contributed by atoms with Crippen LogP contribution in [-0.4, -0.2) is 15.2 Å². The van der Waals surface area contributed by atoms with Crippen molar-refractivity contribution in [3.63, 3.8) is 0 Å². The van der Waals surface area contributed by atoms with Crippen molar-refractivity contribution in [2.24, 2.45) is 5.73 Å². The van der Waals surface area contributed by atoms with Crippen molar-refractivity contribution in [1.29, 1.82) is 0 Å². The van der Waals surface area contributed by atoms with Crippen molar-refractivity contribution in [1.82, 2.24) is 15.2 Å². The lowest BCUT2D eigenvalue weighted by molar-refractivity contribution is 0.628. The first-order chi connectivity index (χ1) is 8.17. The lowest BCUT2D eigenvalue weighted by Crippen LogP contribution is -2.22. The molecule has 0 unspecified atom stereocenters. The molecule has 0 saturated heterocycles. The fourth-order valence-corrected chi connectivity index (χ4v) is 1.63. The van der Waals surface area contributed by atoms with Gasteiger partial charge < -0.3 is 5.73 Å². The summed E-state index contributed by atoms with van der Waals surface area (Å²) in [6, 6.07) is 6.12. The lowest BCUT2D eigenvalue weighted by atomic mass is 10.1. The molecule has 0 bridgehead atoms. The van der Waals surface area contributed by atoms with E-state index in [0.29, 0.717) is 11.5 Å². The van der Waals surface area contributed by atoms with Gasteiger partial charge in [0, 0.05) is 5.56 Å². The van der Waals surface area contributed by atoms with Gasteiger partial charge in [-0.15, -0.1) is 5.10 Å². The molecule has 1 aliphatic rings. The molecule has 1 saturated carbocycles. The Balaban J connectivity index is 2.00. The van der Waals surface area contributed by atoms with E-state index in [1.54, 1.807) is 18.3 Å². The van der Waals surface area contributed by atoms with E-state index in [1.165, 1.54) is 12.1 Å². The van der Waals surface area contributed by atoms with Crippen LogP contribution in [0.25, 0.3) is 11.3 Å². The third-order valence-electron chi connectivity index (χ3n) is 2.93. The molecule has 2 N–H and O–H groups in total. The van der Waals surface area contributed by atoms with E-state index in [-0.39, 0.29) is 5.82 Å². The van der Waals surface area contributed by atoms with Gasteiger partial charge in [-0.3, -0.25) is 0 Å². The number of hydrogen-bond donors (Lipinski definition) is 1. The Kier molecular flexibility index (Phi) is 2.16. The standard InChI is InChI=1S/C12H11FN4/c13-9-3-1-8(2-4-9)10-7-15-17-11(16-10)12(14)5-6-12/h1-4,7H,5-6,14H2. The zero-order valence-electron chi connectivity index (χ0n) is 9.10. The summed E-state index contributed by atoms with van der Waals surface area (Å²) in [5.41, 5.74) is 7.10. The second-order valence-electron chi connectivity index (χ2n) is 4.33. The first kappa shape index (κ1) is 10.3. The maximum Gasteiger partial charge on any atom is 0.171 e. The van der Waals surface area contributed by atoms with E-state index in [9.17, 15) is 4.39 Å². The Morgan fingerprint density at radius 3 is 2.53 bits per heavy atom. The van der Waals surface area contributed by atoms with Crippen LogP contribution in [0, 0.1) is 5.82 Å². The molecule has 1 aromatic heterocycles. The SMILES string of the molecule is NC1(c2nncc(-c3ccc(F)cc3)n2)CC1. The van der Waals surface area contributed by atoms with Crippen LogP contribution < -0.4 is 5.73 Å². The van der Waals surface area contributed by atoms with Crippen LogP contribution in [0.5, 0.6) is 0 Å². The molecule has 2 aromatic rings. The number of hydrogen-bond acceptors (Lipinski definition) is 4. The molecule has 0 spiro atoms. The molecule has 0 atom stereocenters. The summed E-state index contributed by atoms with van der Waals surface area (Å²) in [5, 5.41) is 7.86. The molecule has 1 fully saturated rings. The van der Waals surface area contributed by atoms with Crippen molar-refractivity contribution in [3.8, 4) is 11.3 Å². The highest BCUT2D eigenvalue weighted by Crippen LogP contribution is 2.40. The van der Waals surface area contributed by atoms with Crippen LogP contribution in [0.1, 0.15) is 18.7 Å². The van der Waals surface area contributed by atoms with Gasteiger partial charge in [0.1, 0.15) is 5.82 Å². The van der Waals surface area contributed by atoms with Gasteiger partial charge in [-0.05, 0) is 37.1 Å². The molecule has 86 valence electrons. The summed E-state index contributed by atoms with van der Waals surface area (Å²) in [4.78, 5) is 4.39. The smallest absolute Gasteiger partial charge is 0.171 e. The van der Waals surface area contributed by atoms with Gasteiger partial charge in [-0.25, -0.2) is 9.37 Å². The first-order valence-corrected chi connectivity index (χ1v) is 5.42. The van der Waals surface area contributed by atoms with Crippen LogP contribution in [-0.2, 0) is 5.54 Å². The quantitative estimate of drug-likeness (QED) is 0.851. The molecule has 1 heterocycles. The molecule has 5 heteroatoms. The number of aromatic nitrogens is 3. The van der Waals surface area contributed by atoms with Crippen molar-refractivity contribution in [3.05, 3.63) is 42.1 Å². The van der Waals surface area contributed by atoms with Gasteiger partial charge in [-0.2, -0.15) is 5.10 Å². The maximum absolute atomic E-state index is 12.8. The molecule has 4 nitrogen and oxygen atoms in total. The molecular weight excluding hydrogens is 219 g/mol. The second kappa shape index (κ2) is 3.56. The second-order valence-corrected chi connectivity index (χ2v) is 4.33. The Morgan fingerprint density at radius 2 is 1.88 bits per heavy atom. The minimum Gasteiger partial charge on any atom is -0.319 e. The van der Waals surface area contributed by atoms with Gasteiger partial charge >= 0.3 is 0 Å². The summed E-state index contributed by atoms with van der Waals surface area (Å²) >= 11 is 0. The number of nitrogens with zero attached hydrogens (tertiary/aromatic N) is 3. The fourth-order valence-electron chi connectivity index (χ4n) is 1.63. The average molecular weight is 230 g/mol. The Labute approximate surface area is 97.7 Å². The van der Waals surface area contributed by atoms with Crippen molar-refractivity contribution < 1.29 is 4.39 Å². The third-order valence-corrected chi connectivity index (χ3v) is 2.93. The van der Waals surface area contributed by atoms with E-state index in [4.69, 9.17) is 5.73 Å². The highest BCUT2D eigenvalue weighted by molar-refractivity contribution is 5.57. The summed E-state index contributed by atoms with van der Waals surface area (Å²) in [6.07, 6.45) is 3.34. The Bertz CT molecular complexity index is 549. The molecule has 0 amide bonds. The predicted molar refractivity (Wildman–Crippen MR) is 60.3 cm³/mol. The van der Waals surface area contributed by atoms with Crippen molar-refractivity contribution in [2.75, 3.05) is 0 Å². The van der Waals surface area contributed by atoms with Crippen LogP contribution in [0.15, 0.2) is 30.5 Å². The first-order valence-electron chi connectivity index (χ1n) is 5.42. The van der Waals surface area contributed by atoms with Crippen LogP contribution in [0.3, 0.4) is 0 Å². The number of nitrogens with two attached hydrogens (primary N) is 1. The van der Waals surface area contributed by atoms with Gasteiger partial charge in [0.25, 0.3) is 0 Å². The summed E-state index contributed by atoms with van der Waals surface area (Å²) in [7, 11) is 0. The molecule has 1 aliphatic carbocycles. The fraction of sp³-hybridized carbons (Fsp3) is 0.250. The predicted octanol–water partition coefficient (Wildman–Crippen LogP) is 1.63. The minimum absolute atomic E-state index is 0.270. The van der Waals surface area contributed by atoms with Crippen molar-refractivity contribution >= 4 is 0 Å². The van der Waals surface area contributed by atoms with Crippen molar-refractivity contribution in [2.45, 2.75) is 18.4 Å². The number of halogens is 1. The van der Waals surface area contributed by atoms with Gasteiger partial charge in [-0.1, -0.05) is 0 Å². The normalized spacial score (nSPS) is 16.8. The molecule has 0 aliphatic heterocycles. The summed E-state index contributed by atoms with van der Waals surface area (Å²) in [6.45, 7) is 0. The highest BCUT2D eigenvalue weighted by atomic mass is 19.1. The van der Waals surface area contributed by atoms with Crippen LogP contribution >= 0.6 is 0 Å². The van der Waals surface area contributed by atoms with E-state index in [0.717, 1.165) is 18.4 Å². The van der Waals surface area contributed by atoms with E-state index < -0.39 is 5.54 Å². The molecule has 3 rings (SSSR count). The molecule has 1 aromatic carbocycles. The largest absolute Gasteiger partial charge is 0.319 e. The van der Waals surface area contributed by atoms with E-state index in [1.807, 2.05) is 0 Å². The zero-order chi connectivity index (χ0) is 11.9. The molecule has 0 radical (unpaired) electrons. The lowest BCUT2D eigenvalue weighted by Gasteiger charge is -2.07. The molecular formula is C12H11FN4. The Morgan fingerprint density at radius 1 is 1.18 bits per heavy atom. The number of rotatable bonds is 2. The van der Waals surface area contributed by atoms with Crippen LogP contribution in [0.4, 0.5) is 4.39 Å². The Hall–Kier alpha value is -1.88. The third kappa shape index (κ3) is 1.89. The zero-order valence-corrected chi connectivity index (χ0v) is 9.10. The topological polar surface area (TPSA) is 64.7 Å². The summed E-state index contributed by atoms with van der Waals surface area (Å²) in [5.74, 6) is 0.299.